The molecular formula is C20H21FN4. The second-order valence-electron chi connectivity index (χ2n) is 6.64. The normalized spacial score (nSPS) is 20.9. The lowest BCUT2D eigenvalue weighted by molar-refractivity contribution is 0.324. The molecule has 3 aromatic rings. The summed E-state index contributed by atoms with van der Waals surface area (Å²) in [5.74, 6) is 0.127. The Labute approximate surface area is 146 Å². The highest BCUT2D eigenvalue weighted by molar-refractivity contribution is 5.31. The first-order valence-electron chi connectivity index (χ1n) is 8.51. The zero-order chi connectivity index (χ0) is 17.2. The number of benzene rings is 2. The first-order chi connectivity index (χ1) is 12.2. The van der Waals surface area contributed by atoms with Crippen LogP contribution in [0.4, 0.5) is 4.39 Å². The summed E-state index contributed by atoms with van der Waals surface area (Å²) in [6.45, 7) is 2.65. The molecule has 1 saturated heterocycles. The highest BCUT2D eigenvalue weighted by atomic mass is 19.1. The molecule has 0 spiro atoms. The molecule has 5 heteroatoms. The average Bonchev–Trinajstić information content (AvgIpc) is 3.23. The van der Waals surface area contributed by atoms with E-state index in [2.05, 4.69) is 34.3 Å². The Bertz CT molecular complexity index is 828. The van der Waals surface area contributed by atoms with Crippen molar-refractivity contribution in [3.05, 3.63) is 83.9 Å². The predicted octanol–water partition coefficient (Wildman–Crippen LogP) is 2.94. The summed E-state index contributed by atoms with van der Waals surface area (Å²) in [5.41, 5.74) is 9.66. The number of aromatic nitrogens is 2. The van der Waals surface area contributed by atoms with Crippen LogP contribution in [0.5, 0.6) is 0 Å². The van der Waals surface area contributed by atoms with Gasteiger partial charge in [0.25, 0.3) is 0 Å². The van der Waals surface area contributed by atoms with E-state index in [1.54, 1.807) is 16.8 Å². The summed E-state index contributed by atoms with van der Waals surface area (Å²) >= 11 is 0. The van der Waals surface area contributed by atoms with Crippen LogP contribution in [0, 0.1) is 5.82 Å². The second kappa shape index (κ2) is 6.78. The topological polar surface area (TPSA) is 47.1 Å². The van der Waals surface area contributed by atoms with Crippen LogP contribution in [0.15, 0.2) is 67.0 Å². The van der Waals surface area contributed by atoms with E-state index in [9.17, 15) is 4.39 Å². The van der Waals surface area contributed by atoms with Gasteiger partial charge in [-0.1, -0.05) is 30.3 Å². The van der Waals surface area contributed by atoms with E-state index in [1.807, 2.05) is 18.5 Å². The van der Waals surface area contributed by atoms with Gasteiger partial charge in [0.2, 0.25) is 0 Å². The fraction of sp³-hybridized carbons (Fsp3) is 0.250. The van der Waals surface area contributed by atoms with Crippen molar-refractivity contribution in [2.24, 2.45) is 5.73 Å². The van der Waals surface area contributed by atoms with Crippen molar-refractivity contribution in [2.75, 3.05) is 13.1 Å². The van der Waals surface area contributed by atoms with Gasteiger partial charge in [-0.05, 0) is 29.8 Å². The number of hydrogen-bond acceptors (Lipinski definition) is 3. The molecule has 128 valence electrons. The maximum absolute atomic E-state index is 13.0. The lowest BCUT2D eigenvalue weighted by Gasteiger charge is -2.15. The number of halogens is 1. The minimum Gasteiger partial charge on any atom is -0.326 e. The molecule has 4 nitrogen and oxygen atoms in total. The van der Waals surface area contributed by atoms with Gasteiger partial charge in [-0.15, -0.1) is 0 Å². The van der Waals surface area contributed by atoms with Gasteiger partial charge in [0.15, 0.2) is 0 Å². The monoisotopic (exact) mass is 336 g/mol. The van der Waals surface area contributed by atoms with Gasteiger partial charge in [-0.25, -0.2) is 9.07 Å². The number of rotatable bonds is 4. The molecule has 2 N–H and O–H groups in total. The lowest BCUT2D eigenvalue weighted by Crippen LogP contribution is -2.28. The molecule has 0 aliphatic carbocycles. The van der Waals surface area contributed by atoms with Gasteiger partial charge in [0.05, 0.1) is 11.9 Å². The van der Waals surface area contributed by atoms with E-state index >= 15 is 0 Å². The first-order valence-corrected chi connectivity index (χ1v) is 8.51. The van der Waals surface area contributed by atoms with Crippen molar-refractivity contribution in [3.63, 3.8) is 0 Å². The fourth-order valence-electron chi connectivity index (χ4n) is 3.53. The number of nitrogens with two attached hydrogens (primary N) is 1. The van der Waals surface area contributed by atoms with Gasteiger partial charge >= 0.3 is 0 Å². The minimum absolute atomic E-state index is 0.148. The van der Waals surface area contributed by atoms with Crippen molar-refractivity contribution in [2.45, 2.75) is 18.5 Å². The third-order valence-corrected chi connectivity index (χ3v) is 4.80. The Morgan fingerprint density at radius 2 is 1.80 bits per heavy atom. The Balaban J connectivity index is 1.44. The predicted molar refractivity (Wildman–Crippen MR) is 96.0 cm³/mol. The molecule has 2 aromatic carbocycles. The molecule has 0 radical (unpaired) electrons. The SMILES string of the molecule is N[C@@H]1CN(Cc2cnn(-c3ccc(F)cc3)c2)C[C@H]1c1ccccc1. The zero-order valence-corrected chi connectivity index (χ0v) is 13.9. The molecule has 0 saturated carbocycles. The highest BCUT2D eigenvalue weighted by Crippen LogP contribution is 2.27. The lowest BCUT2D eigenvalue weighted by atomic mass is 9.95. The third-order valence-electron chi connectivity index (χ3n) is 4.80. The summed E-state index contributed by atoms with van der Waals surface area (Å²) in [6, 6.07) is 17.0. The average molecular weight is 336 g/mol. The number of likely N-dealkylation sites (tertiary alicyclic amines) is 1. The fourth-order valence-corrected chi connectivity index (χ4v) is 3.53. The summed E-state index contributed by atoms with van der Waals surface area (Å²) in [4.78, 5) is 2.37. The standard InChI is InChI=1S/C20H21FN4/c21-17-6-8-18(9-7-17)25-12-15(10-23-25)11-24-13-19(20(22)14-24)16-4-2-1-3-5-16/h1-10,12,19-20H,11,13-14,22H2/t19-,20+/m0/s1. The van der Waals surface area contributed by atoms with Gasteiger partial charge in [-0.2, -0.15) is 5.10 Å². The van der Waals surface area contributed by atoms with Crippen molar-refractivity contribution < 1.29 is 4.39 Å². The second-order valence-corrected chi connectivity index (χ2v) is 6.64. The Kier molecular flexibility index (Phi) is 4.34. The van der Waals surface area contributed by atoms with Crippen LogP contribution < -0.4 is 5.73 Å². The van der Waals surface area contributed by atoms with Crippen LogP contribution in [-0.4, -0.2) is 33.8 Å². The molecule has 2 heterocycles. The molecule has 4 rings (SSSR count). The minimum atomic E-state index is -0.242. The zero-order valence-electron chi connectivity index (χ0n) is 13.9. The van der Waals surface area contributed by atoms with E-state index < -0.39 is 0 Å². The van der Waals surface area contributed by atoms with E-state index in [0.717, 1.165) is 30.9 Å². The first kappa shape index (κ1) is 16.0. The van der Waals surface area contributed by atoms with Crippen molar-refractivity contribution in [1.29, 1.82) is 0 Å². The summed E-state index contributed by atoms with van der Waals surface area (Å²) < 4.78 is 14.8. The van der Waals surface area contributed by atoms with E-state index in [0.29, 0.717) is 5.92 Å². The van der Waals surface area contributed by atoms with E-state index in [4.69, 9.17) is 5.73 Å². The molecule has 0 unspecified atom stereocenters. The molecule has 1 fully saturated rings. The summed E-state index contributed by atoms with van der Waals surface area (Å²) in [7, 11) is 0. The van der Waals surface area contributed by atoms with E-state index in [-0.39, 0.29) is 11.9 Å². The van der Waals surface area contributed by atoms with Crippen molar-refractivity contribution in [3.8, 4) is 5.69 Å². The van der Waals surface area contributed by atoms with Crippen LogP contribution in [0.2, 0.25) is 0 Å². The molecular weight excluding hydrogens is 315 g/mol. The quantitative estimate of drug-likeness (QED) is 0.797. The summed E-state index contributed by atoms with van der Waals surface area (Å²) in [5, 5.41) is 4.39. The molecule has 1 aliphatic heterocycles. The van der Waals surface area contributed by atoms with Crippen LogP contribution >= 0.6 is 0 Å². The Hall–Kier alpha value is -2.50. The van der Waals surface area contributed by atoms with Gasteiger partial charge < -0.3 is 5.73 Å². The maximum Gasteiger partial charge on any atom is 0.123 e. The maximum atomic E-state index is 13.0. The van der Waals surface area contributed by atoms with Crippen LogP contribution in [0.1, 0.15) is 17.0 Å². The number of hydrogen-bond donors (Lipinski definition) is 1. The number of nitrogens with zero attached hydrogens (tertiary/aromatic N) is 3. The van der Waals surface area contributed by atoms with Gasteiger partial charge in [-0.3, -0.25) is 4.90 Å². The largest absolute Gasteiger partial charge is 0.326 e. The van der Waals surface area contributed by atoms with Crippen LogP contribution in [0.3, 0.4) is 0 Å². The smallest absolute Gasteiger partial charge is 0.123 e. The van der Waals surface area contributed by atoms with Gasteiger partial charge in [0, 0.05) is 43.4 Å². The molecule has 0 amide bonds. The van der Waals surface area contributed by atoms with Gasteiger partial charge in [0.1, 0.15) is 5.82 Å². The highest BCUT2D eigenvalue weighted by Gasteiger charge is 2.31. The summed E-state index contributed by atoms with van der Waals surface area (Å²) in [6.07, 6.45) is 3.86. The van der Waals surface area contributed by atoms with Crippen molar-refractivity contribution in [1.82, 2.24) is 14.7 Å². The van der Waals surface area contributed by atoms with Crippen molar-refractivity contribution >= 4 is 0 Å². The Morgan fingerprint density at radius 3 is 2.56 bits per heavy atom. The Morgan fingerprint density at radius 1 is 1.04 bits per heavy atom. The molecule has 25 heavy (non-hydrogen) atoms. The third kappa shape index (κ3) is 3.48. The molecule has 1 aromatic heterocycles. The molecule has 0 bridgehead atoms. The van der Waals surface area contributed by atoms with E-state index in [1.165, 1.54) is 17.7 Å². The van der Waals surface area contributed by atoms with Crippen LogP contribution in [0.25, 0.3) is 5.69 Å². The molecule has 2 atom stereocenters. The van der Waals surface area contributed by atoms with Crippen LogP contribution in [-0.2, 0) is 6.54 Å². The molecule has 1 aliphatic rings.